The van der Waals surface area contributed by atoms with Crippen LogP contribution in [0.1, 0.15) is 24.1 Å². The van der Waals surface area contributed by atoms with E-state index in [1.165, 1.54) is 18.9 Å². The molecule has 0 saturated carbocycles. The molecular formula is C12H14BrNO3. The minimum absolute atomic E-state index is 0.280. The van der Waals surface area contributed by atoms with Gasteiger partial charge in [-0.25, -0.2) is 4.79 Å². The monoisotopic (exact) mass is 299 g/mol. The highest BCUT2D eigenvalue weighted by atomic mass is 79.9. The summed E-state index contributed by atoms with van der Waals surface area (Å²) in [5.41, 5.74) is 1.53. The van der Waals surface area contributed by atoms with Gasteiger partial charge in [-0.1, -0.05) is 28.1 Å². The van der Waals surface area contributed by atoms with Crippen molar-refractivity contribution >= 4 is 27.8 Å². The van der Waals surface area contributed by atoms with Gasteiger partial charge in [0.05, 0.1) is 0 Å². The van der Waals surface area contributed by atoms with E-state index in [0.717, 1.165) is 10.0 Å². The van der Waals surface area contributed by atoms with Crippen LogP contribution in [0.2, 0.25) is 0 Å². The summed E-state index contributed by atoms with van der Waals surface area (Å²) in [6.45, 7) is 3.22. The summed E-state index contributed by atoms with van der Waals surface area (Å²) in [5, 5.41) is 9.20. The molecule has 0 bridgehead atoms. The Kier molecular flexibility index (Phi) is 4.28. The van der Waals surface area contributed by atoms with E-state index in [1.807, 2.05) is 6.92 Å². The molecule has 0 spiro atoms. The summed E-state index contributed by atoms with van der Waals surface area (Å²) in [4.78, 5) is 23.7. The molecule has 17 heavy (non-hydrogen) atoms. The first kappa shape index (κ1) is 13.7. The molecule has 0 fully saturated rings. The minimum atomic E-state index is -1.04. The molecule has 92 valence electrons. The molecule has 1 rings (SSSR count). The van der Waals surface area contributed by atoms with Crippen molar-refractivity contribution in [1.82, 2.24) is 4.90 Å². The fourth-order valence-corrected chi connectivity index (χ4v) is 1.80. The standard InChI is InChI=1S/C12H14BrNO3/c1-7-6-9(4-5-10(7)13)11(12(16)17)14(3)8(2)15/h4-6,11H,1-3H3,(H,16,17). The van der Waals surface area contributed by atoms with Crippen LogP contribution in [-0.4, -0.2) is 28.9 Å². The lowest BCUT2D eigenvalue weighted by Crippen LogP contribution is -2.34. The van der Waals surface area contributed by atoms with Gasteiger partial charge in [-0.15, -0.1) is 0 Å². The second-order valence-corrected chi connectivity index (χ2v) is 4.73. The van der Waals surface area contributed by atoms with Gasteiger partial charge in [-0.05, 0) is 24.1 Å². The molecule has 0 radical (unpaired) electrons. The Bertz CT molecular complexity index is 459. The van der Waals surface area contributed by atoms with Crippen molar-refractivity contribution in [2.45, 2.75) is 19.9 Å². The van der Waals surface area contributed by atoms with Gasteiger partial charge in [-0.2, -0.15) is 0 Å². The molecule has 1 atom stereocenters. The second-order valence-electron chi connectivity index (χ2n) is 3.88. The quantitative estimate of drug-likeness (QED) is 0.932. The first-order valence-electron chi connectivity index (χ1n) is 5.07. The molecule has 1 aromatic rings. The number of benzene rings is 1. The van der Waals surface area contributed by atoms with Crippen LogP contribution in [0.15, 0.2) is 22.7 Å². The van der Waals surface area contributed by atoms with Gasteiger partial charge in [0.1, 0.15) is 0 Å². The van der Waals surface area contributed by atoms with E-state index in [1.54, 1.807) is 18.2 Å². The Hall–Kier alpha value is -1.36. The summed E-state index contributed by atoms with van der Waals surface area (Å²) in [6, 6.07) is 4.31. The number of carboxylic acids is 1. The number of carbonyl (C=O) groups excluding carboxylic acids is 1. The largest absolute Gasteiger partial charge is 0.479 e. The molecule has 1 aromatic carbocycles. The summed E-state index contributed by atoms with van der Waals surface area (Å²) in [7, 11) is 1.48. The van der Waals surface area contributed by atoms with Gasteiger partial charge in [0.2, 0.25) is 5.91 Å². The SMILES string of the molecule is CC(=O)N(C)C(C(=O)O)c1ccc(Br)c(C)c1. The fourth-order valence-electron chi connectivity index (χ4n) is 1.55. The number of aliphatic carboxylic acids is 1. The van der Waals surface area contributed by atoms with Crippen LogP contribution in [0, 0.1) is 6.92 Å². The first-order chi connectivity index (χ1) is 7.84. The zero-order valence-electron chi connectivity index (χ0n) is 9.90. The number of carbonyl (C=O) groups is 2. The molecule has 1 amide bonds. The van der Waals surface area contributed by atoms with Gasteiger partial charge in [0.25, 0.3) is 0 Å². The third kappa shape index (κ3) is 3.06. The van der Waals surface area contributed by atoms with Crippen molar-refractivity contribution < 1.29 is 14.7 Å². The minimum Gasteiger partial charge on any atom is -0.479 e. The number of halogens is 1. The van der Waals surface area contributed by atoms with Gasteiger partial charge >= 0.3 is 5.97 Å². The molecule has 0 aromatic heterocycles. The zero-order chi connectivity index (χ0) is 13.2. The van der Waals surface area contributed by atoms with Crippen LogP contribution in [0.3, 0.4) is 0 Å². The lowest BCUT2D eigenvalue weighted by Gasteiger charge is -2.24. The second kappa shape index (κ2) is 5.31. The zero-order valence-corrected chi connectivity index (χ0v) is 11.5. The number of aryl methyl sites for hydroxylation is 1. The Morgan fingerprint density at radius 1 is 1.41 bits per heavy atom. The smallest absolute Gasteiger partial charge is 0.331 e. The molecule has 0 aliphatic rings. The van der Waals surface area contributed by atoms with Crippen molar-refractivity contribution in [3.8, 4) is 0 Å². The molecule has 0 saturated heterocycles. The summed E-state index contributed by atoms with van der Waals surface area (Å²) in [5.74, 6) is -1.32. The predicted molar refractivity (Wildman–Crippen MR) is 67.7 cm³/mol. The molecule has 0 heterocycles. The third-order valence-corrected chi connectivity index (χ3v) is 3.51. The first-order valence-corrected chi connectivity index (χ1v) is 5.86. The number of hydrogen-bond acceptors (Lipinski definition) is 2. The molecule has 0 aliphatic carbocycles. The van der Waals surface area contributed by atoms with E-state index in [0.29, 0.717) is 5.56 Å². The number of likely N-dealkylation sites (N-methyl/N-ethyl adjacent to an activating group) is 1. The van der Waals surface area contributed by atoms with Gasteiger partial charge < -0.3 is 10.0 Å². The summed E-state index contributed by atoms with van der Waals surface area (Å²) < 4.78 is 0.913. The number of carboxylic acid groups (broad SMARTS) is 1. The predicted octanol–water partition coefficient (Wildman–Crippen LogP) is 2.36. The van der Waals surface area contributed by atoms with Crippen molar-refractivity contribution in [3.63, 3.8) is 0 Å². The molecule has 1 N–H and O–H groups in total. The number of nitrogens with zero attached hydrogens (tertiary/aromatic N) is 1. The van der Waals surface area contributed by atoms with Crippen molar-refractivity contribution in [2.75, 3.05) is 7.05 Å². The molecule has 0 aliphatic heterocycles. The average molecular weight is 300 g/mol. The fraction of sp³-hybridized carbons (Fsp3) is 0.333. The van der Waals surface area contributed by atoms with Gasteiger partial charge in [-0.3, -0.25) is 4.79 Å². The Morgan fingerprint density at radius 3 is 2.41 bits per heavy atom. The van der Waals surface area contributed by atoms with Crippen molar-refractivity contribution in [2.24, 2.45) is 0 Å². The van der Waals surface area contributed by atoms with Crippen LogP contribution >= 0.6 is 15.9 Å². The highest BCUT2D eigenvalue weighted by Gasteiger charge is 2.26. The maximum Gasteiger partial charge on any atom is 0.331 e. The van der Waals surface area contributed by atoms with Crippen LogP contribution in [0.25, 0.3) is 0 Å². The molecule has 1 unspecified atom stereocenters. The highest BCUT2D eigenvalue weighted by Crippen LogP contribution is 2.24. The summed E-state index contributed by atoms with van der Waals surface area (Å²) >= 11 is 3.35. The van der Waals surface area contributed by atoms with E-state index in [9.17, 15) is 14.7 Å². The Labute approximate surface area is 108 Å². The highest BCUT2D eigenvalue weighted by molar-refractivity contribution is 9.10. The Morgan fingerprint density at radius 2 is 2.00 bits per heavy atom. The Balaban J connectivity index is 3.19. The van der Waals surface area contributed by atoms with E-state index in [-0.39, 0.29) is 5.91 Å². The maximum atomic E-state index is 11.3. The van der Waals surface area contributed by atoms with Crippen molar-refractivity contribution in [1.29, 1.82) is 0 Å². The van der Waals surface area contributed by atoms with E-state index in [2.05, 4.69) is 15.9 Å². The van der Waals surface area contributed by atoms with Crippen LogP contribution in [0.5, 0.6) is 0 Å². The molecule has 5 heteroatoms. The number of rotatable bonds is 3. The number of hydrogen-bond donors (Lipinski definition) is 1. The van der Waals surface area contributed by atoms with E-state index >= 15 is 0 Å². The normalized spacial score (nSPS) is 12.0. The maximum absolute atomic E-state index is 11.3. The third-order valence-electron chi connectivity index (χ3n) is 2.62. The van der Waals surface area contributed by atoms with E-state index in [4.69, 9.17) is 0 Å². The lowest BCUT2D eigenvalue weighted by atomic mass is 10.0. The van der Waals surface area contributed by atoms with Crippen LogP contribution in [-0.2, 0) is 9.59 Å². The van der Waals surface area contributed by atoms with E-state index < -0.39 is 12.0 Å². The average Bonchev–Trinajstić information content (AvgIpc) is 2.22. The lowest BCUT2D eigenvalue weighted by molar-refractivity contribution is -0.148. The van der Waals surface area contributed by atoms with Gasteiger partial charge in [0.15, 0.2) is 6.04 Å². The number of amides is 1. The molecule has 4 nitrogen and oxygen atoms in total. The van der Waals surface area contributed by atoms with Crippen LogP contribution in [0.4, 0.5) is 0 Å². The molecular weight excluding hydrogens is 286 g/mol. The van der Waals surface area contributed by atoms with Crippen molar-refractivity contribution in [3.05, 3.63) is 33.8 Å². The van der Waals surface area contributed by atoms with Gasteiger partial charge in [0, 0.05) is 18.4 Å². The summed E-state index contributed by atoms with van der Waals surface area (Å²) in [6.07, 6.45) is 0. The van der Waals surface area contributed by atoms with Crippen LogP contribution < -0.4 is 0 Å². The topological polar surface area (TPSA) is 57.6 Å².